The van der Waals surface area contributed by atoms with Crippen LogP contribution in [0.15, 0.2) is 119 Å². The van der Waals surface area contributed by atoms with Gasteiger partial charge in [0.05, 0.1) is 29.2 Å². The Morgan fingerprint density at radius 2 is 1.67 bits per heavy atom. The van der Waals surface area contributed by atoms with Crippen LogP contribution in [0.4, 0.5) is 5.69 Å². The second-order valence-electron chi connectivity index (χ2n) is 16.0. The zero-order valence-electron chi connectivity index (χ0n) is 35.2. The standard InChI is InChI=1S/C48H57N3O9S/c1-5-27-57-48-45(51(4)61(55,56)39-22-18-36(19-23-39)49-32(3)54)31-43(50-58-6-2)41-29-35(15-9-11-25-52)40(16-10-12-26-53)46(47(41)48)42-30-38(21-24-44(42)60-48)59-37-20-17-33-13-7-8-14-34(33)28-37/h5,7-8,13-14,17-24,28-30,35,40,45-47,52-53H,1,6,9-12,15-16,25-27,31H2,2-4H3,(H,49,54). The number of unbranched alkanes of at least 4 members (excludes halogenated alkanes) is 2. The van der Waals surface area contributed by atoms with E-state index in [9.17, 15) is 23.4 Å². The fourth-order valence-corrected chi connectivity index (χ4v) is 10.9. The number of amides is 1. The maximum atomic E-state index is 14.8. The van der Waals surface area contributed by atoms with Crippen molar-refractivity contribution in [3.8, 4) is 17.2 Å². The summed E-state index contributed by atoms with van der Waals surface area (Å²) in [5.74, 6) is -0.776. The first-order valence-corrected chi connectivity index (χ1v) is 22.7. The minimum Gasteiger partial charge on any atom is -0.460 e. The fourth-order valence-electron chi connectivity index (χ4n) is 9.52. The van der Waals surface area contributed by atoms with Crippen molar-refractivity contribution < 1.29 is 42.5 Å². The fraction of sp³-hybridized carbons (Fsp3) is 0.417. The van der Waals surface area contributed by atoms with Crippen molar-refractivity contribution in [1.29, 1.82) is 0 Å². The number of benzene rings is 4. The van der Waals surface area contributed by atoms with E-state index in [-0.39, 0.29) is 54.8 Å². The highest BCUT2D eigenvalue weighted by molar-refractivity contribution is 7.89. The summed E-state index contributed by atoms with van der Waals surface area (Å²) in [6, 6.07) is 25.0. The number of hydrogen-bond acceptors (Lipinski definition) is 10. The van der Waals surface area contributed by atoms with Gasteiger partial charge in [-0.1, -0.05) is 60.5 Å². The molecule has 3 N–H and O–H groups in total. The summed E-state index contributed by atoms with van der Waals surface area (Å²) < 4.78 is 51.6. The number of allylic oxidation sites excluding steroid dienone is 1. The molecule has 0 aromatic heterocycles. The molecule has 1 fully saturated rings. The summed E-state index contributed by atoms with van der Waals surface area (Å²) >= 11 is 0. The van der Waals surface area contributed by atoms with Crippen LogP contribution in [-0.2, 0) is 24.4 Å². The molecule has 6 atom stereocenters. The van der Waals surface area contributed by atoms with Crippen LogP contribution in [0.1, 0.15) is 70.3 Å². The lowest BCUT2D eigenvalue weighted by atomic mass is 9.55. The average molecular weight is 852 g/mol. The maximum Gasteiger partial charge on any atom is 0.243 e. The van der Waals surface area contributed by atoms with Crippen LogP contribution < -0.4 is 14.8 Å². The molecule has 12 nitrogen and oxygen atoms in total. The van der Waals surface area contributed by atoms with E-state index < -0.39 is 27.8 Å². The van der Waals surface area contributed by atoms with Crippen LogP contribution in [-0.4, -0.2) is 79.9 Å². The minimum atomic E-state index is -4.21. The first-order chi connectivity index (χ1) is 29.5. The Bertz CT molecular complexity index is 2370. The van der Waals surface area contributed by atoms with Crippen LogP contribution in [0.25, 0.3) is 10.8 Å². The number of carbonyl (C=O) groups excluding carboxylic acids is 1. The number of carbonyl (C=O) groups is 1. The molecular formula is C48H57N3O9S. The molecule has 61 heavy (non-hydrogen) atoms. The lowest BCUT2D eigenvalue weighted by molar-refractivity contribution is -0.250. The van der Waals surface area contributed by atoms with Gasteiger partial charge in [0.2, 0.25) is 21.7 Å². The largest absolute Gasteiger partial charge is 0.460 e. The molecule has 6 unspecified atom stereocenters. The van der Waals surface area contributed by atoms with E-state index in [0.29, 0.717) is 48.1 Å². The summed E-state index contributed by atoms with van der Waals surface area (Å²) in [5, 5.41) is 29.3. The lowest BCUT2D eigenvalue weighted by Crippen LogP contribution is -2.69. The van der Waals surface area contributed by atoms with Gasteiger partial charge in [0.25, 0.3) is 0 Å². The number of likely N-dealkylation sites (N-methyl/N-ethyl adjacent to an activating group) is 1. The zero-order valence-corrected chi connectivity index (χ0v) is 36.0. The van der Waals surface area contributed by atoms with Crippen LogP contribution in [0.5, 0.6) is 17.2 Å². The molecule has 1 aliphatic heterocycles. The monoisotopic (exact) mass is 851 g/mol. The molecule has 4 aromatic rings. The summed E-state index contributed by atoms with van der Waals surface area (Å²) in [4.78, 5) is 17.6. The van der Waals surface area contributed by atoms with Crippen LogP contribution >= 0.6 is 0 Å². The van der Waals surface area contributed by atoms with Crippen LogP contribution in [0.2, 0.25) is 0 Å². The first-order valence-electron chi connectivity index (χ1n) is 21.3. The van der Waals surface area contributed by atoms with Gasteiger partial charge < -0.3 is 34.6 Å². The number of anilines is 1. The van der Waals surface area contributed by atoms with Gasteiger partial charge in [-0.05, 0) is 115 Å². The average Bonchev–Trinajstić information content (AvgIpc) is 3.26. The smallest absolute Gasteiger partial charge is 0.243 e. The molecule has 1 saturated carbocycles. The number of fused-ring (bicyclic) bond motifs is 3. The number of oxime groups is 1. The van der Waals surface area contributed by atoms with Gasteiger partial charge in [-0.2, -0.15) is 4.31 Å². The SMILES string of the molecule is C=CCOC12Oc3ccc(Oc4ccc5ccccc5c4)cc3C3C(CCCCO)C(CCCCO)C=C(C(=NOCC)CC1N(C)S(=O)(=O)c1ccc(NC(C)=O)cc1)C32. The molecule has 1 heterocycles. The normalized spacial score (nSPS) is 23.7. The number of sulfonamides is 1. The Balaban J connectivity index is 1.41. The predicted octanol–water partition coefficient (Wildman–Crippen LogP) is 8.56. The summed E-state index contributed by atoms with van der Waals surface area (Å²) in [6.07, 6.45) is 8.43. The highest BCUT2D eigenvalue weighted by Crippen LogP contribution is 2.62. The third-order valence-electron chi connectivity index (χ3n) is 12.2. The first kappa shape index (κ1) is 44.0. The van der Waals surface area contributed by atoms with Gasteiger partial charge >= 0.3 is 0 Å². The van der Waals surface area contributed by atoms with Gasteiger partial charge in [-0.15, -0.1) is 6.58 Å². The molecule has 0 saturated heterocycles. The van der Waals surface area contributed by atoms with Crippen molar-refractivity contribution in [1.82, 2.24) is 4.31 Å². The van der Waals surface area contributed by atoms with Crippen molar-refractivity contribution in [2.24, 2.45) is 22.9 Å². The minimum absolute atomic E-state index is 0.000375. The maximum absolute atomic E-state index is 14.8. The third-order valence-corrected chi connectivity index (χ3v) is 14.1. The molecule has 13 heteroatoms. The van der Waals surface area contributed by atoms with E-state index in [1.807, 2.05) is 55.5 Å². The summed E-state index contributed by atoms with van der Waals surface area (Å²) in [6.45, 7) is 7.75. The Hall–Kier alpha value is -5.05. The van der Waals surface area contributed by atoms with E-state index in [1.54, 1.807) is 25.3 Å². The topological polar surface area (TPSA) is 156 Å². The molecule has 0 bridgehead atoms. The molecule has 7 rings (SSSR count). The summed E-state index contributed by atoms with van der Waals surface area (Å²) in [5.41, 5.74) is 2.87. The Morgan fingerprint density at radius 1 is 0.967 bits per heavy atom. The van der Waals surface area contributed by atoms with Crippen molar-refractivity contribution in [3.63, 3.8) is 0 Å². The van der Waals surface area contributed by atoms with Crippen molar-refractivity contribution >= 4 is 38.1 Å². The Labute approximate surface area is 358 Å². The highest BCUT2D eigenvalue weighted by atomic mass is 32.2. The van der Waals surface area contributed by atoms with E-state index in [2.05, 4.69) is 30.1 Å². The third kappa shape index (κ3) is 9.12. The molecule has 1 amide bonds. The Kier molecular flexibility index (Phi) is 14.0. The Morgan fingerprint density at radius 3 is 2.38 bits per heavy atom. The number of rotatable bonds is 19. The number of nitrogens with one attached hydrogen (secondary N) is 1. The lowest BCUT2D eigenvalue weighted by Gasteiger charge is -2.59. The molecule has 3 aliphatic rings. The van der Waals surface area contributed by atoms with Gasteiger partial charge in [0.15, 0.2) is 0 Å². The van der Waals surface area contributed by atoms with Crippen molar-refractivity contribution in [2.75, 3.05) is 38.8 Å². The number of nitrogens with zero attached hydrogens (tertiary/aromatic N) is 2. The van der Waals surface area contributed by atoms with Crippen LogP contribution in [0.3, 0.4) is 0 Å². The van der Waals surface area contributed by atoms with E-state index >= 15 is 0 Å². The number of aliphatic hydroxyl groups is 2. The van der Waals surface area contributed by atoms with Gasteiger partial charge in [-0.3, -0.25) is 4.79 Å². The van der Waals surface area contributed by atoms with E-state index in [0.717, 1.165) is 47.6 Å². The summed E-state index contributed by atoms with van der Waals surface area (Å²) in [7, 11) is -2.67. The van der Waals surface area contributed by atoms with Gasteiger partial charge in [0, 0.05) is 50.8 Å². The zero-order chi connectivity index (χ0) is 43.1. The molecular weight excluding hydrogens is 795 g/mol. The second kappa shape index (κ2) is 19.3. The molecule has 324 valence electrons. The van der Waals surface area contributed by atoms with Crippen molar-refractivity contribution in [3.05, 3.63) is 115 Å². The molecule has 2 aliphatic carbocycles. The van der Waals surface area contributed by atoms with Gasteiger partial charge in [-0.25, -0.2) is 8.42 Å². The quantitative estimate of drug-likeness (QED) is 0.0478. The van der Waals surface area contributed by atoms with Crippen molar-refractivity contribution in [2.45, 2.75) is 81.4 Å². The molecule has 0 spiro atoms. The van der Waals surface area contributed by atoms with Gasteiger partial charge in [0.1, 0.15) is 23.9 Å². The van der Waals surface area contributed by atoms with Crippen LogP contribution in [0, 0.1) is 17.8 Å². The number of ether oxygens (including phenoxy) is 3. The molecule has 4 aromatic carbocycles. The number of aliphatic hydroxyl groups excluding tert-OH is 2. The highest BCUT2D eigenvalue weighted by Gasteiger charge is 2.65. The molecule has 0 radical (unpaired) electrons. The number of hydrogen-bond donors (Lipinski definition) is 3. The van der Waals surface area contributed by atoms with E-state index in [1.165, 1.54) is 23.4 Å². The second-order valence-corrected chi connectivity index (χ2v) is 18.0. The van der Waals surface area contributed by atoms with E-state index in [4.69, 9.17) is 24.2 Å². The predicted molar refractivity (Wildman–Crippen MR) is 236 cm³/mol.